The molecular weight excluding hydrogens is 331 g/mol. The molecule has 6 nitrogen and oxygen atoms in total. The van der Waals surface area contributed by atoms with Crippen molar-refractivity contribution in [1.82, 2.24) is 9.97 Å². The van der Waals surface area contributed by atoms with Gasteiger partial charge in [0.2, 0.25) is 0 Å². The number of H-pyrrole nitrogens is 1. The number of ether oxygens (including phenoxy) is 1. The Morgan fingerprint density at radius 3 is 2.67 bits per heavy atom. The van der Waals surface area contributed by atoms with E-state index in [4.69, 9.17) is 22.7 Å². The van der Waals surface area contributed by atoms with E-state index < -0.39 is 11.9 Å². The third-order valence-corrected chi connectivity index (χ3v) is 4.09. The van der Waals surface area contributed by atoms with Crippen molar-refractivity contribution in [2.75, 3.05) is 18.2 Å². The lowest BCUT2D eigenvalue weighted by Gasteiger charge is -2.29. The second-order valence-electron chi connectivity index (χ2n) is 5.36. The number of nitrogen functional groups attached to an aromatic ring is 1. The Balaban J connectivity index is 2.29. The topological polar surface area (TPSA) is 93.0 Å². The maximum Gasteiger partial charge on any atom is 0.336 e. The molecule has 0 radical (unpaired) electrons. The number of nitrogens with one attached hydrogen (secondary N) is 2. The summed E-state index contributed by atoms with van der Waals surface area (Å²) in [5, 5.41) is 3.04. The van der Waals surface area contributed by atoms with Crippen molar-refractivity contribution in [2.24, 2.45) is 0 Å². The molecule has 4 N–H and O–H groups in total. The first kappa shape index (κ1) is 16.1. The van der Waals surface area contributed by atoms with Gasteiger partial charge in [-0.05, 0) is 36.8 Å². The van der Waals surface area contributed by atoms with Crippen LogP contribution in [0.1, 0.15) is 24.0 Å². The summed E-state index contributed by atoms with van der Waals surface area (Å²) in [6.45, 7) is 1.74. The fraction of sp³-hybridized carbons (Fsp3) is 0.188. The summed E-state index contributed by atoms with van der Waals surface area (Å²) in [7, 11) is 1.31. The van der Waals surface area contributed by atoms with Crippen LogP contribution in [0.2, 0.25) is 0 Å². The maximum atomic E-state index is 13.3. The van der Waals surface area contributed by atoms with Crippen LogP contribution in [0.15, 0.2) is 35.5 Å². The van der Waals surface area contributed by atoms with Crippen molar-refractivity contribution in [3.05, 3.63) is 57.3 Å². The number of allylic oxidation sites excluding steroid dienone is 1. The Bertz CT molecular complexity index is 905. The molecule has 0 saturated carbocycles. The number of carbonyl (C=O) groups excluding carboxylic acids is 1. The number of benzene rings is 1. The lowest BCUT2D eigenvalue weighted by atomic mass is 9.82. The molecule has 1 aromatic heterocycles. The maximum absolute atomic E-state index is 13.3. The van der Waals surface area contributed by atoms with E-state index in [0.717, 1.165) is 0 Å². The van der Waals surface area contributed by atoms with Crippen molar-refractivity contribution in [3.63, 3.8) is 0 Å². The zero-order valence-electron chi connectivity index (χ0n) is 13.0. The molecule has 0 bridgehead atoms. The van der Waals surface area contributed by atoms with E-state index in [-0.39, 0.29) is 10.6 Å². The van der Waals surface area contributed by atoms with Crippen molar-refractivity contribution in [3.8, 4) is 0 Å². The smallest absolute Gasteiger partial charge is 0.336 e. The number of carbonyl (C=O) groups is 1. The van der Waals surface area contributed by atoms with Gasteiger partial charge < -0.3 is 20.8 Å². The Labute approximate surface area is 142 Å². The van der Waals surface area contributed by atoms with Gasteiger partial charge in [0.25, 0.3) is 0 Å². The molecule has 0 aliphatic carbocycles. The number of fused-ring (bicyclic) bond motifs is 1. The second kappa shape index (κ2) is 6.04. The first-order valence-electron chi connectivity index (χ1n) is 7.13. The number of nitrogens with zero attached hydrogens (tertiary/aromatic N) is 1. The molecule has 0 fully saturated rings. The van der Waals surface area contributed by atoms with Gasteiger partial charge in [0.05, 0.1) is 18.6 Å². The minimum atomic E-state index is -0.548. The fourth-order valence-corrected chi connectivity index (χ4v) is 3.06. The number of hydrogen-bond donors (Lipinski definition) is 3. The van der Waals surface area contributed by atoms with Gasteiger partial charge in [-0.25, -0.2) is 14.2 Å². The molecule has 0 amide bonds. The highest BCUT2D eigenvalue weighted by Crippen LogP contribution is 2.43. The van der Waals surface area contributed by atoms with E-state index in [1.54, 1.807) is 19.1 Å². The average Bonchev–Trinajstić information content (AvgIpc) is 2.53. The summed E-state index contributed by atoms with van der Waals surface area (Å²) in [5.41, 5.74) is 8.33. The van der Waals surface area contributed by atoms with Gasteiger partial charge in [-0.15, -0.1) is 0 Å². The van der Waals surface area contributed by atoms with E-state index in [1.807, 2.05) is 0 Å². The Morgan fingerprint density at radius 1 is 1.38 bits per heavy atom. The van der Waals surface area contributed by atoms with Gasteiger partial charge in [0.1, 0.15) is 17.5 Å². The summed E-state index contributed by atoms with van der Waals surface area (Å²) in [6.07, 6.45) is 0. The Hall–Kier alpha value is -2.74. The zero-order chi connectivity index (χ0) is 17.4. The third-order valence-electron chi connectivity index (χ3n) is 3.90. The molecule has 1 aromatic carbocycles. The number of halogens is 1. The largest absolute Gasteiger partial charge is 0.466 e. The van der Waals surface area contributed by atoms with Crippen molar-refractivity contribution < 1.29 is 13.9 Å². The van der Waals surface area contributed by atoms with E-state index in [0.29, 0.717) is 34.0 Å². The fourth-order valence-electron chi connectivity index (χ4n) is 2.86. The van der Waals surface area contributed by atoms with Crippen LogP contribution in [-0.2, 0) is 9.53 Å². The van der Waals surface area contributed by atoms with Gasteiger partial charge in [-0.2, -0.15) is 0 Å². The molecule has 3 rings (SSSR count). The first-order valence-corrected chi connectivity index (χ1v) is 7.54. The molecule has 124 valence electrons. The average molecular weight is 346 g/mol. The van der Waals surface area contributed by atoms with Crippen LogP contribution >= 0.6 is 12.2 Å². The minimum Gasteiger partial charge on any atom is -0.466 e. The quantitative estimate of drug-likeness (QED) is 0.572. The second-order valence-corrected chi connectivity index (χ2v) is 5.74. The molecule has 1 aliphatic rings. The molecule has 8 heteroatoms. The zero-order valence-corrected chi connectivity index (χ0v) is 13.8. The van der Waals surface area contributed by atoms with Crippen LogP contribution in [0, 0.1) is 10.6 Å². The number of aromatic nitrogens is 2. The molecule has 0 saturated heterocycles. The first-order chi connectivity index (χ1) is 11.4. The molecule has 2 heterocycles. The molecule has 2 aromatic rings. The third kappa shape index (κ3) is 2.65. The van der Waals surface area contributed by atoms with E-state index >= 15 is 0 Å². The van der Waals surface area contributed by atoms with Crippen molar-refractivity contribution in [2.45, 2.75) is 12.8 Å². The molecule has 24 heavy (non-hydrogen) atoms. The molecular formula is C16H15FN4O2S. The summed E-state index contributed by atoms with van der Waals surface area (Å²) in [6, 6.07) is 5.87. The number of nitrogens with two attached hydrogens (primary N) is 1. The number of rotatable bonds is 2. The number of esters is 1. The number of anilines is 2. The van der Waals surface area contributed by atoms with Crippen LogP contribution in [-0.4, -0.2) is 23.0 Å². The van der Waals surface area contributed by atoms with Crippen LogP contribution < -0.4 is 11.1 Å². The summed E-state index contributed by atoms with van der Waals surface area (Å²) >= 11 is 5.06. The van der Waals surface area contributed by atoms with Gasteiger partial charge in [-0.3, -0.25) is 0 Å². The van der Waals surface area contributed by atoms with Gasteiger partial charge in [0.15, 0.2) is 4.77 Å². The number of hydrogen-bond acceptors (Lipinski definition) is 6. The van der Waals surface area contributed by atoms with Crippen molar-refractivity contribution in [1.29, 1.82) is 0 Å². The van der Waals surface area contributed by atoms with Gasteiger partial charge in [-0.1, -0.05) is 12.1 Å². The highest BCUT2D eigenvalue weighted by molar-refractivity contribution is 7.71. The monoisotopic (exact) mass is 346 g/mol. The lowest BCUT2D eigenvalue weighted by molar-refractivity contribution is -0.136. The Kier molecular flexibility index (Phi) is 4.06. The lowest BCUT2D eigenvalue weighted by Crippen LogP contribution is -2.26. The van der Waals surface area contributed by atoms with Crippen LogP contribution in [0.5, 0.6) is 0 Å². The highest BCUT2D eigenvalue weighted by atomic mass is 32.1. The van der Waals surface area contributed by atoms with Crippen LogP contribution in [0.4, 0.5) is 16.0 Å². The molecule has 1 aliphatic heterocycles. The number of methoxy groups -OCH3 is 1. The SMILES string of the molecule is COC(=O)C1=C(C)Nc2nc(=S)[nH]c(N)c2C1c1ccc(F)cc1. The normalized spacial score (nSPS) is 16.4. The summed E-state index contributed by atoms with van der Waals surface area (Å²) < 4.78 is 18.4. The van der Waals surface area contributed by atoms with Crippen LogP contribution in [0.25, 0.3) is 0 Å². The van der Waals surface area contributed by atoms with E-state index in [9.17, 15) is 9.18 Å². The minimum absolute atomic E-state index is 0.228. The standard InChI is InChI=1S/C16H15FN4O2S/c1-7-10(15(22)23-2)11(8-3-5-9(17)6-4-8)12-13(18)20-16(24)21-14(12)19-7/h3-6,11H,1-2H3,(H4,18,19,20,21,24). The van der Waals surface area contributed by atoms with E-state index in [2.05, 4.69) is 15.3 Å². The molecule has 0 spiro atoms. The Morgan fingerprint density at radius 2 is 2.04 bits per heavy atom. The molecule has 1 unspecified atom stereocenters. The van der Waals surface area contributed by atoms with Crippen LogP contribution in [0.3, 0.4) is 0 Å². The predicted molar refractivity (Wildman–Crippen MR) is 90.4 cm³/mol. The molecule has 1 atom stereocenters. The number of aromatic amines is 1. The summed E-state index contributed by atoms with van der Waals surface area (Å²) in [5.74, 6) is -0.654. The summed E-state index contributed by atoms with van der Waals surface area (Å²) in [4.78, 5) is 19.4. The highest BCUT2D eigenvalue weighted by Gasteiger charge is 2.35. The van der Waals surface area contributed by atoms with E-state index in [1.165, 1.54) is 19.2 Å². The van der Waals surface area contributed by atoms with Crippen molar-refractivity contribution >= 4 is 29.8 Å². The van der Waals surface area contributed by atoms with Gasteiger partial charge in [0, 0.05) is 11.3 Å². The predicted octanol–water partition coefficient (Wildman–Crippen LogP) is 2.86. The van der Waals surface area contributed by atoms with Gasteiger partial charge >= 0.3 is 5.97 Å².